The Bertz CT molecular complexity index is 945. The van der Waals surface area contributed by atoms with Crippen LogP contribution in [0.4, 0.5) is 11.4 Å². The summed E-state index contributed by atoms with van der Waals surface area (Å²) in [6.07, 6.45) is 0.714. The average Bonchev–Trinajstić information content (AvgIpc) is 2.56. The Morgan fingerprint density at radius 1 is 1.24 bits per heavy atom. The van der Waals surface area contributed by atoms with Crippen molar-refractivity contribution in [1.82, 2.24) is 0 Å². The molecule has 1 aliphatic heterocycles. The number of carbonyl (C=O) groups excluding carboxylic acids is 1. The van der Waals surface area contributed by atoms with Crippen molar-refractivity contribution in [2.75, 3.05) is 10.0 Å². The predicted octanol–water partition coefficient (Wildman–Crippen LogP) is 4.27. The molecule has 0 spiro atoms. The lowest BCUT2D eigenvalue weighted by atomic mass is 10.2. The van der Waals surface area contributed by atoms with Crippen LogP contribution in [0.3, 0.4) is 0 Å². The molecule has 0 aliphatic carbocycles. The van der Waals surface area contributed by atoms with E-state index in [-0.39, 0.29) is 16.1 Å². The quantitative estimate of drug-likeness (QED) is 0.809. The van der Waals surface area contributed by atoms with Gasteiger partial charge < -0.3 is 5.32 Å². The van der Waals surface area contributed by atoms with E-state index in [1.807, 2.05) is 13.8 Å². The molecule has 1 aliphatic rings. The molecule has 1 atom stereocenters. The van der Waals surface area contributed by atoms with Gasteiger partial charge in [0, 0.05) is 9.92 Å². The number of sulfonamides is 1. The van der Waals surface area contributed by atoms with E-state index in [4.69, 9.17) is 11.6 Å². The Kier molecular flexibility index (Phi) is 4.99. The molecular formula is C17H17ClN2O3S2. The number of fused-ring (bicyclic) bond motifs is 1. The fraction of sp³-hybridized carbons (Fsp3) is 0.235. The summed E-state index contributed by atoms with van der Waals surface area (Å²) in [7, 11) is -3.78. The Morgan fingerprint density at radius 3 is 2.68 bits per heavy atom. The molecule has 0 saturated heterocycles. The molecule has 2 N–H and O–H groups in total. The van der Waals surface area contributed by atoms with Crippen molar-refractivity contribution < 1.29 is 13.2 Å². The van der Waals surface area contributed by atoms with Crippen molar-refractivity contribution >= 4 is 50.7 Å². The number of hydrogen-bond acceptors (Lipinski definition) is 4. The third kappa shape index (κ3) is 3.78. The van der Waals surface area contributed by atoms with Gasteiger partial charge in [0.1, 0.15) is 0 Å². The monoisotopic (exact) mass is 396 g/mol. The first-order valence-corrected chi connectivity index (χ1v) is 10.4. The van der Waals surface area contributed by atoms with Crippen LogP contribution in [0.25, 0.3) is 0 Å². The largest absolute Gasteiger partial charge is 0.324 e. The van der Waals surface area contributed by atoms with E-state index in [0.717, 1.165) is 10.5 Å². The number of thioether (sulfide) groups is 1. The molecule has 25 heavy (non-hydrogen) atoms. The van der Waals surface area contributed by atoms with Crippen molar-refractivity contribution in [3.05, 3.63) is 47.0 Å². The first kappa shape index (κ1) is 18.1. The number of rotatable bonds is 4. The van der Waals surface area contributed by atoms with E-state index in [2.05, 4.69) is 10.0 Å². The number of aryl methyl sites for hydroxylation is 1. The third-order valence-corrected chi connectivity index (χ3v) is 7.10. The van der Waals surface area contributed by atoms with Crippen LogP contribution < -0.4 is 10.0 Å². The van der Waals surface area contributed by atoms with Crippen molar-refractivity contribution in [3.8, 4) is 0 Å². The molecule has 0 aromatic heterocycles. The molecular weight excluding hydrogens is 380 g/mol. The normalized spacial score (nSPS) is 16.9. The van der Waals surface area contributed by atoms with Gasteiger partial charge in [0.15, 0.2) is 0 Å². The summed E-state index contributed by atoms with van der Waals surface area (Å²) in [5.41, 5.74) is 1.77. The number of nitrogens with one attached hydrogen (secondary N) is 2. The molecule has 2 aromatic carbocycles. The highest BCUT2D eigenvalue weighted by Crippen LogP contribution is 2.38. The van der Waals surface area contributed by atoms with E-state index < -0.39 is 10.0 Å². The van der Waals surface area contributed by atoms with Crippen molar-refractivity contribution in [3.63, 3.8) is 0 Å². The second-order valence-corrected chi connectivity index (χ2v) is 9.07. The Labute approximate surface area is 156 Å². The van der Waals surface area contributed by atoms with Gasteiger partial charge in [-0.2, -0.15) is 0 Å². The van der Waals surface area contributed by atoms with Crippen LogP contribution in [0.5, 0.6) is 0 Å². The first-order chi connectivity index (χ1) is 11.8. The van der Waals surface area contributed by atoms with Crippen LogP contribution in [0.1, 0.15) is 18.9 Å². The molecule has 0 fully saturated rings. The Hall–Kier alpha value is -1.70. The fourth-order valence-electron chi connectivity index (χ4n) is 2.44. The predicted molar refractivity (Wildman–Crippen MR) is 102 cm³/mol. The summed E-state index contributed by atoms with van der Waals surface area (Å²) < 4.78 is 27.7. The van der Waals surface area contributed by atoms with Gasteiger partial charge in [0.2, 0.25) is 5.91 Å². The zero-order valence-corrected chi connectivity index (χ0v) is 16.1. The second-order valence-electron chi connectivity index (χ2n) is 5.73. The summed E-state index contributed by atoms with van der Waals surface area (Å²) in [6.45, 7) is 3.78. The molecule has 0 radical (unpaired) electrons. The number of benzene rings is 2. The van der Waals surface area contributed by atoms with Crippen molar-refractivity contribution in [2.45, 2.75) is 35.3 Å². The van der Waals surface area contributed by atoms with Crippen molar-refractivity contribution in [1.29, 1.82) is 0 Å². The van der Waals surface area contributed by atoms with Crippen LogP contribution in [0.15, 0.2) is 46.2 Å². The summed E-state index contributed by atoms with van der Waals surface area (Å²) in [6, 6.07) is 9.70. The molecule has 1 amide bonds. The van der Waals surface area contributed by atoms with E-state index >= 15 is 0 Å². The zero-order chi connectivity index (χ0) is 18.2. The fourth-order valence-corrected chi connectivity index (χ4v) is 4.71. The summed E-state index contributed by atoms with van der Waals surface area (Å²) in [5, 5.41) is 3.12. The van der Waals surface area contributed by atoms with Gasteiger partial charge in [-0.3, -0.25) is 9.52 Å². The maximum absolute atomic E-state index is 12.6. The summed E-state index contributed by atoms with van der Waals surface area (Å²) in [5.74, 6) is -0.104. The SMILES string of the molecule is CCC1Sc2ccc(S(=O)(=O)Nc3ccc(C)c(Cl)c3)cc2NC1=O. The molecule has 2 aromatic rings. The van der Waals surface area contributed by atoms with Gasteiger partial charge in [0.05, 0.1) is 21.5 Å². The number of carbonyl (C=O) groups is 1. The van der Waals surface area contributed by atoms with Gasteiger partial charge in [-0.1, -0.05) is 24.6 Å². The maximum atomic E-state index is 12.6. The highest BCUT2D eigenvalue weighted by atomic mass is 35.5. The lowest BCUT2D eigenvalue weighted by molar-refractivity contribution is -0.115. The summed E-state index contributed by atoms with van der Waals surface area (Å²) >= 11 is 7.49. The minimum atomic E-state index is -3.78. The second kappa shape index (κ2) is 6.90. The van der Waals surface area contributed by atoms with Crippen LogP contribution in [-0.2, 0) is 14.8 Å². The van der Waals surface area contributed by atoms with Gasteiger partial charge in [0.25, 0.3) is 10.0 Å². The van der Waals surface area contributed by atoms with Crippen LogP contribution in [0, 0.1) is 6.92 Å². The average molecular weight is 397 g/mol. The Balaban J connectivity index is 1.89. The molecule has 1 unspecified atom stereocenters. The van der Waals surface area contributed by atoms with Crippen LogP contribution in [0.2, 0.25) is 5.02 Å². The van der Waals surface area contributed by atoms with Gasteiger partial charge in [-0.05, 0) is 49.2 Å². The minimum Gasteiger partial charge on any atom is -0.324 e. The Morgan fingerprint density at radius 2 is 2.00 bits per heavy atom. The van der Waals surface area contributed by atoms with E-state index in [0.29, 0.717) is 22.8 Å². The van der Waals surface area contributed by atoms with E-state index in [1.54, 1.807) is 24.3 Å². The minimum absolute atomic E-state index is 0.0822. The molecule has 8 heteroatoms. The molecule has 1 heterocycles. The lowest BCUT2D eigenvalue weighted by Crippen LogP contribution is -2.28. The highest BCUT2D eigenvalue weighted by Gasteiger charge is 2.27. The number of halogens is 1. The summed E-state index contributed by atoms with van der Waals surface area (Å²) in [4.78, 5) is 12.9. The molecule has 3 rings (SSSR count). The number of hydrogen-bond donors (Lipinski definition) is 2. The maximum Gasteiger partial charge on any atom is 0.261 e. The molecule has 5 nitrogen and oxygen atoms in total. The zero-order valence-electron chi connectivity index (χ0n) is 13.7. The van der Waals surface area contributed by atoms with Gasteiger partial charge in [-0.25, -0.2) is 8.42 Å². The van der Waals surface area contributed by atoms with E-state index in [9.17, 15) is 13.2 Å². The van der Waals surface area contributed by atoms with Gasteiger partial charge >= 0.3 is 0 Å². The lowest BCUT2D eigenvalue weighted by Gasteiger charge is -2.23. The molecule has 132 valence electrons. The number of anilines is 2. The van der Waals surface area contributed by atoms with Crippen LogP contribution in [-0.4, -0.2) is 19.6 Å². The first-order valence-electron chi connectivity index (χ1n) is 7.70. The van der Waals surface area contributed by atoms with Crippen molar-refractivity contribution in [2.24, 2.45) is 0 Å². The smallest absolute Gasteiger partial charge is 0.261 e. The third-order valence-electron chi connectivity index (χ3n) is 3.88. The molecule has 0 bridgehead atoms. The van der Waals surface area contributed by atoms with Gasteiger partial charge in [-0.15, -0.1) is 11.8 Å². The number of amides is 1. The van der Waals surface area contributed by atoms with Crippen LogP contribution >= 0.6 is 23.4 Å². The topological polar surface area (TPSA) is 75.3 Å². The van der Waals surface area contributed by atoms with E-state index in [1.165, 1.54) is 23.9 Å². The standard InChI is InChI=1S/C17H17ClN2O3S2/c1-3-15-17(21)19-14-9-12(6-7-16(14)24-15)25(22,23)20-11-5-4-10(2)13(18)8-11/h4-9,15,20H,3H2,1-2H3,(H,19,21). The highest BCUT2D eigenvalue weighted by molar-refractivity contribution is 8.01. The molecule has 0 saturated carbocycles.